The van der Waals surface area contributed by atoms with Gasteiger partial charge >= 0.3 is 0 Å². The van der Waals surface area contributed by atoms with Gasteiger partial charge in [-0.2, -0.15) is 0 Å². The van der Waals surface area contributed by atoms with Crippen molar-refractivity contribution in [2.24, 2.45) is 0 Å². The number of anilines is 1. The first-order chi connectivity index (χ1) is 10.3. The smallest absolute Gasteiger partial charge is 0.242 e. The number of nitrogens with one attached hydrogen (secondary N) is 1. The van der Waals surface area contributed by atoms with Crippen LogP contribution in [0.15, 0.2) is 45.9 Å². The first-order valence-electron chi connectivity index (χ1n) is 6.66. The van der Waals surface area contributed by atoms with Gasteiger partial charge in [-0.25, -0.2) is 12.7 Å². The summed E-state index contributed by atoms with van der Waals surface area (Å²) in [6.45, 7) is 1.69. The molecule has 2 rings (SSSR count). The van der Waals surface area contributed by atoms with Crippen LogP contribution < -0.4 is 5.32 Å². The standard InChI is InChI=1S/C15H18N2O4S/c1-11-9-12(6-7-14(11)22(19,20)17(2)3)16-15(18)10-13-5-4-8-21-13/h4-9H,10H2,1-3H3,(H,16,18). The number of aryl methyl sites for hydroxylation is 1. The fraction of sp³-hybridized carbons (Fsp3) is 0.267. The largest absolute Gasteiger partial charge is 0.469 e. The van der Waals surface area contributed by atoms with Crippen molar-refractivity contribution in [2.75, 3.05) is 19.4 Å². The molecular weight excluding hydrogens is 304 g/mol. The Kier molecular flexibility index (Phi) is 4.68. The van der Waals surface area contributed by atoms with Crippen molar-refractivity contribution in [3.05, 3.63) is 47.9 Å². The van der Waals surface area contributed by atoms with Crippen LogP contribution in [-0.2, 0) is 21.2 Å². The summed E-state index contributed by atoms with van der Waals surface area (Å²) in [4.78, 5) is 12.1. The van der Waals surface area contributed by atoms with Crippen LogP contribution in [0.2, 0.25) is 0 Å². The van der Waals surface area contributed by atoms with Gasteiger partial charge < -0.3 is 9.73 Å². The number of carbonyl (C=O) groups is 1. The molecule has 0 saturated carbocycles. The van der Waals surface area contributed by atoms with Crippen molar-refractivity contribution >= 4 is 21.6 Å². The molecule has 0 unspecified atom stereocenters. The number of hydrogen-bond donors (Lipinski definition) is 1. The Morgan fingerprint density at radius 3 is 2.55 bits per heavy atom. The van der Waals surface area contributed by atoms with Gasteiger partial charge in [0.2, 0.25) is 15.9 Å². The Hall–Kier alpha value is -2.12. The van der Waals surface area contributed by atoms with Gasteiger partial charge in [0.25, 0.3) is 0 Å². The summed E-state index contributed by atoms with van der Waals surface area (Å²) in [7, 11) is -0.528. The number of rotatable bonds is 5. The average molecular weight is 322 g/mol. The third-order valence-corrected chi connectivity index (χ3v) is 5.11. The highest BCUT2D eigenvalue weighted by Crippen LogP contribution is 2.22. The van der Waals surface area contributed by atoms with Crippen molar-refractivity contribution < 1.29 is 17.6 Å². The summed E-state index contributed by atoms with van der Waals surface area (Å²) in [5, 5.41) is 2.72. The molecule has 118 valence electrons. The molecule has 0 radical (unpaired) electrons. The molecule has 1 heterocycles. The second kappa shape index (κ2) is 6.33. The quantitative estimate of drug-likeness (QED) is 0.913. The van der Waals surface area contributed by atoms with Crippen LogP contribution in [0.25, 0.3) is 0 Å². The third-order valence-electron chi connectivity index (χ3n) is 3.13. The minimum Gasteiger partial charge on any atom is -0.469 e. The Balaban J connectivity index is 2.14. The van der Waals surface area contributed by atoms with Crippen LogP contribution in [0.1, 0.15) is 11.3 Å². The van der Waals surface area contributed by atoms with E-state index < -0.39 is 10.0 Å². The number of furan rings is 1. The monoisotopic (exact) mass is 322 g/mol. The molecular formula is C15H18N2O4S. The molecule has 0 bridgehead atoms. The molecule has 0 atom stereocenters. The zero-order valence-electron chi connectivity index (χ0n) is 12.7. The lowest BCUT2D eigenvalue weighted by Crippen LogP contribution is -2.23. The molecule has 0 spiro atoms. The van der Waals surface area contributed by atoms with Crippen LogP contribution in [0.5, 0.6) is 0 Å². The predicted molar refractivity (Wildman–Crippen MR) is 83.1 cm³/mol. The maximum atomic E-state index is 12.1. The Labute approximate surface area is 129 Å². The lowest BCUT2D eigenvalue weighted by molar-refractivity contribution is -0.115. The average Bonchev–Trinajstić information content (AvgIpc) is 2.90. The number of carbonyl (C=O) groups excluding carboxylic acids is 1. The van der Waals surface area contributed by atoms with Crippen molar-refractivity contribution in [3.63, 3.8) is 0 Å². The maximum absolute atomic E-state index is 12.1. The Morgan fingerprint density at radius 1 is 1.27 bits per heavy atom. The van der Waals surface area contributed by atoms with Crippen molar-refractivity contribution in [1.82, 2.24) is 4.31 Å². The highest BCUT2D eigenvalue weighted by Gasteiger charge is 2.19. The van der Waals surface area contributed by atoms with E-state index in [-0.39, 0.29) is 17.2 Å². The summed E-state index contributed by atoms with van der Waals surface area (Å²) in [6, 6.07) is 8.14. The van der Waals surface area contributed by atoms with Crippen molar-refractivity contribution in [3.8, 4) is 0 Å². The van der Waals surface area contributed by atoms with E-state index in [2.05, 4.69) is 5.32 Å². The minimum atomic E-state index is -3.49. The summed E-state index contributed by atoms with van der Waals surface area (Å²) >= 11 is 0. The number of sulfonamides is 1. The zero-order valence-corrected chi connectivity index (χ0v) is 13.5. The first kappa shape index (κ1) is 16.3. The van der Waals surface area contributed by atoms with Gasteiger partial charge in [-0.05, 0) is 42.8 Å². The van der Waals surface area contributed by atoms with Crippen LogP contribution in [0.4, 0.5) is 5.69 Å². The molecule has 7 heteroatoms. The van der Waals surface area contributed by atoms with Crippen LogP contribution >= 0.6 is 0 Å². The van der Waals surface area contributed by atoms with E-state index in [9.17, 15) is 13.2 Å². The summed E-state index contributed by atoms with van der Waals surface area (Å²) < 4.78 is 30.5. The zero-order chi connectivity index (χ0) is 16.3. The molecule has 0 aliphatic carbocycles. The molecule has 1 aromatic carbocycles. The second-order valence-corrected chi connectivity index (χ2v) is 7.19. The minimum absolute atomic E-state index is 0.129. The first-order valence-corrected chi connectivity index (χ1v) is 8.10. The maximum Gasteiger partial charge on any atom is 0.242 e. The molecule has 0 aliphatic rings. The molecule has 1 amide bonds. The molecule has 6 nitrogen and oxygen atoms in total. The normalized spacial score (nSPS) is 11.6. The molecule has 2 aromatic rings. The van der Waals surface area contributed by atoms with E-state index in [1.54, 1.807) is 31.2 Å². The highest BCUT2D eigenvalue weighted by atomic mass is 32.2. The van der Waals surface area contributed by atoms with Crippen LogP contribution in [0, 0.1) is 6.92 Å². The molecule has 1 aromatic heterocycles. The van der Waals surface area contributed by atoms with E-state index in [1.807, 2.05) is 0 Å². The molecule has 0 aliphatic heterocycles. The third kappa shape index (κ3) is 3.55. The molecule has 1 N–H and O–H groups in total. The summed E-state index contributed by atoms with van der Waals surface area (Å²) in [5.74, 6) is 0.346. The fourth-order valence-corrected chi connectivity index (χ4v) is 3.09. The van der Waals surface area contributed by atoms with Crippen molar-refractivity contribution in [1.29, 1.82) is 0 Å². The van der Waals surface area contributed by atoms with Gasteiger partial charge in [-0.15, -0.1) is 0 Å². The lowest BCUT2D eigenvalue weighted by Gasteiger charge is -2.14. The van der Waals surface area contributed by atoms with E-state index in [0.717, 1.165) is 4.31 Å². The highest BCUT2D eigenvalue weighted by molar-refractivity contribution is 7.89. The number of hydrogen-bond acceptors (Lipinski definition) is 4. The Morgan fingerprint density at radius 2 is 2.00 bits per heavy atom. The fourth-order valence-electron chi connectivity index (χ4n) is 1.99. The molecule has 22 heavy (non-hydrogen) atoms. The number of nitrogens with zero attached hydrogens (tertiary/aromatic N) is 1. The van der Waals surface area contributed by atoms with E-state index >= 15 is 0 Å². The predicted octanol–water partition coefficient (Wildman–Crippen LogP) is 2.02. The number of amides is 1. The van der Waals surface area contributed by atoms with E-state index in [0.29, 0.717) is 17.0 Å². The molecule has 0 fully saturated rings. The number of benzene rings is 1. The topological polar surface area (TPSA) is 79.6 Å². The lowest BCUT2D eigenvalue weighted by atomic mass is 10.2. The Bertz CT molecular complexity index is 765. The molecule has 0 saturated heterocycles. The van der Waals surface area contributed by atoms with Crippen LogP contribution in [0.3, 0.4) is 0 Å². The summed E-state index contributed by atoms with van der Waals surface area (Å²) in [6.07, 6.45) is 1.64. The second-order valence-electron chi connectivity index (χ2n) is 5.07. The van der Waals surface area contributed by atoms with Crippen LogP contribution in [-0.4, -0.2) is 32.7 Å². The van der Waals surface area contributed by atoms with Gasteiger partial charge in [0.05, 0.1) is 17.6 Å². The van der Waals surface area contributed by atoms with Gasteiger partial charge in [0.15, 0.2) is 0 Å². The van der Waals surface area contributed by atoms with Crippen molar-refractivity contribution in [2.45, 2.75) is 18.2 Å². The van der Waals surface area contributed by atoms with E-state index in [1.165, 1.54) is 26.4 Å². The SMILES string of the molecule is Cc1cc(NC(=O)Cc2ccco2)ccc1S(=O)(=O)N(C)C. The van der Waals surface area contributed by atoms with Gasteiger partial charge in [0.1, 0.15) is 5.76 Å². The van der Waals surface area contributed by atoms with Gasteiger partial charge in [-0.1, -0.05) is 0 Å². The van der Waals surface area contributed by atoms with Gasteiger partial charge in [0, 0.05) is 19.8 Å². The summed E-state index contributed by atoms with van der Waals surface area (Å²) in [5.41, 5.74) is 1.12. The van der Waals surface area contributed by atoms with E-state index in [4.69, 9.17) is 4.42 Å². The van der Waals surface area contributed by atoms with Gasteiger partial charge in [-0.3, -0.25) is 4.79 Å².